The van der Waals surface area contributed by atoms with Crippen LogP contribution in [0.5, 0.6) is 11.5 Å². The van der Waals surface area contributed by atoms with Crippen LogP contribution in [0.2, 0.25) is 0 Å². The van der Waals surface area contributed by atoms with Gasteiger partial charge in [0, 0.05) is 11.6 Å². The van der Waals surface area contributed by atoms with Gasteiger partial charge in [-0.05, 0) is 31.0 Å². The van der Waals surface area contributed by atoms with Crippen LogP contribution in [0.25, 0.3) is 0 Å². The normalized spacial score (nSPS) is 12.1. The number of ether oxygens (including phenoxy) is 2. The number of aryl methyl sites for hydroxylation is 1. The highest BCUT2D eigenvalue weighted by atomic mass is 16.7. The molecule has 118 valence electrons. The van der Waals surface area contributed by atoms with Crippen LogP contribution in [-0.4, -0.2) is 18.5 Å². The molecule has 2 aromatic rings. The van der Waals surface area contributed by atoms with Crippen LogP contribution in [0.3, 0.4) is 0 Å². The van der Waals surface area contributed by atoms with Crippen molar-refractivity contribution < 1.29 is 19.1 Å². The molecule has 2 aromatic carbocycles. The first-order valence-corrected chi connectivity index (χ1v) is 7.33. The Morgan fingerprint density at radius 2 is 1.83 bits per heavy atom. The molecule has 0 unspecified atom stereocenters. The van der Waals surface area contributed by atoms with Gasteiger partial charge < -0.3 is 14.8 Å². The Labute approximate surface area is 134 Å². The topological polar surface area (TPSA) is 64.6 Å². The molecule has 0 bridgehead atoms. The van der Waals surface area contributed by atoms with E-state index in [2.05, 4.69) is 5.32 Å². The minimum Gasteiger partial charge on any atom is -0.454 e. The van der Waals surface area contributed by atoms with Gasteiger partial charge in [-0.25, -0.2) is 0 Å². The smallest absolute Gasteiger partial charge is 0.231 e. The molecule has 1 aliphatic rings. The summed E-state index contributed by atoms with van der Waals surface area (Å²) >= 11 is 0. The molecule has 5 nitrogen and oxygen atoms in total. The first-order valence-electron chi connectivity index (χ1n) is 7.33. The molecule has 1 amide bonds. The summed E-state index contributed by atoms with van der Waals surface area (Å²) in [4.78, 5) is 24.1. The fourth-order valence-corrected chi connectivity index (χ4v) is 2.51. The lowest BCUT2D eigenvalue weighted by Gasteiger charge is -2.11. The van der Waals surface area contributed by atoms with Gasteiger partial charge in [-0.15, -0.1) is 0 Å². The molecule has 1 heterocycles. The number of amides is 1. The molecule has 0 saturated heterocycles. The zero-order chi connectivity index (χ0) is 16.4. The van der Waals surface area contributed by atoms with Gasteiger partial charge in [-0.2, -0.15) is 0 Å². The maximum absolute atomic E-state index is 12.3. The summed E-state index contributed by atoms with van der Waals surface area (Å²) in [7, 11) is 0. The Hall–Kier alpha value is -2.82. The third kappa shape index (κ3) is 3.18. The second-order valence-electron chi connectivity index (χ2n) is 5.46. The minimum absolute atomic E-state index is 0.118. The molecule has 5 heteroatoms. The number of fused-ring (bicyclic) bond motifs is 1. The molecule has 0 aromatic heterocycles. The molecule has 0 radical (unpaired) electrons. The average molecular weight is 311 g/mol. The largest absolute Gasteiger partial charge is 0.454 e. The van der Waals surface area contributed by atoms with Crippen molar-refractivity contribution in [3.63, 3.8) is 0 Å². The lowest BCUT2D eigenvalue weighted by atomic mass is 10.0. The fourth-order valence-electron chi connectivity index (χ4n) is 2.51. The second kappa shape index (κ2) is 6.12. The van der Waals surface area contributed by atoms with E-state index in [1.807, 2.05) is 31.2 Å². The predicted octanol–water partition coefficient (Wildman–Crippen LogP) is 3.11. The van der Waals surface area contributed by atoms with Gasteiger partial charge in [-0.1, -0.05) is 24.3 Å². The van der Waals surface area contributed by atoms with E-state index < -0.39 is 0 Å². The monoisotopic (exact) mass is 311 g/mol. The van der Waals surface area contributed by atoms with Gasteiger partial charge in [-0.3, -0.25) is 9.59 Å². The van der Waals surface area contributed by atoms with E-state index in [1.54, 1.807) is 12.1 Å². The first kappa shape index (κ1) is 15.1. The zero-order valence-corrected chi connectivity index (χ0v) is 13.0. The maximum Gasteiger partial charge on any atom is 0.231 e. The molecule has 3 rings (SSSR count). The van der Waals surface area contributed by atoms with Gasteiger partial charge in [0.1, 0.15) is 0 Å². The molecule has 0 aliphatic carbocycles. The lowest BCUT2D eigenvalue weighted by molar-refractivity contribution is -0.115. The SMILES string of the molecule is CC(=O)c1cc2c(cc1NC(=O)Cc1ccccc1C)OCO2. The van der Waals surface area contributed by atoms with E-state index in [4.69, 9.17) is 9.47 Å². The first-order chi connectivity index (χ1) is 11.0. The highest BCUT2D eigenvalue weighted by Crippen LogP contribution is 2.37. The van der Waals surface area contributed by atoms with E-state index in [-0.39, 0.29) is 24.9 Å². The summed E-state index contributed by atoms with van der Waals surface area (Å²) < 4.78 is 10.6. The van der Waals surface area contributed by atoms with Gasteiger partial charge >= 0.3 is 0 Å². The molecular formula is C18H17NO4. The third-order valence-electron chi connectivity index (χ3n) is 3.78. The molecular weight excluding hydrogens is 294 g/mol. The molecule has 0 atom stereocenters. The zero-order valence-electron chi connectivity index (χ0n) is 13.0. The Bertz CT molecular complexity index is 783. The number of hydrogen-bond donors (Lipinski definition) is 1. The molecule has 0 fully saturated rings. The van der Waals surface area contributed by atoms with E-state index in [0.29, 0.717) is 22.7 Å². The number of carbonyl (C=O) groups excluding carboxylic acids is 2. The summed E-state index contributed by atoms with van der Waals surface area (Å²) in [6.07, 6.45) is 0.248. The van der Waals surface area contributed by atoms with Crippen LogP contribution in [0.1, 0.15) is 28.4 Å². The summed E-state index contributed by atoms with van der Waals surface area (Å²) in [6, 6.07) is 11.0. The summed E-state index contributed by atoms with van der Waals surface area (Å²) in [6.45, 7) is 3.53. The second-order valence-corrected chi connectivity index (χ2v) is 5.46. The highest BCUT2D eigenvalue weighted by molar-refractivity contribution is 6.05. The number of ketones is 1. The summed E-state index contributed by atoms with van der Waals surface area (Å²) in [5.74, 6) is 0.725. The Balaban J connectivity index is 1.83. The average Bonchev–Trinajstić information content (AvgIpc) is 2.96. The van der Waals surface area contributed by atoms with Crippen LogP contribution < -0.4 is 14.8 Å². The molecule has 1 aliphatic heterocycles. The maximum atomic E-state index is 12.3. The van der Waals surface area contributed by atoms with Crippen molar-refractivity contribution in [2.45, 2.75) is 20.3 Å². The summed E-state index contributed by atoms with van der Waals surface area (Å²) in [5, 5.41) is 2.80. The van der Waals surface area contributed by atoms with Gasteiger partial charge in [0.15, 0.2) is 17.3 Å². The Kier molecular flexibility index (Phi) is 4.02. The lowest BCUT2D eigenvalue weighted by Crippen LogP contribution is -2.17. The van der Waals surface area contributed by atoms with Crippen LogP contribution in [0.4, 0.5) is 5.69 Å². The number of hydrogen-bond acceptors (Lipinski definition) is 4. The van der Waals surface area contributed by atoms with Crippen molar-refractivity contribution in [2.24, 2.45) is 0 Å². The predicted molar refractivity (Wildman–Crippen MR) is 86.1 cm³/mol. The molecule has 1 N–H and O–H groups in total. The number of carbonyl (C=O) groups is 2. The third-order valence-corrected chi connectivity index (χ3v) is 3.78. The van der Waals surface area contributed by atoms with Gasteiger partial charge in [0.25, 0.3) is 0 Å². The van der Waals surface area contributed by atoms with Gasteiger partial charge in [0.2, 0.25) is 12.7 Å². The summed E-state index contributed by atoms with van der Waals surface area (Å²) in [5.41, 5.74) is 2.86. The number of benzene rings is 2. The van der Waals surface area contributed by atoms with Crippen LogP contribution in [0.15, 0.2) is 36.4 Å². The molecule has 0 spiro atoms. The van der Waals surface area contributed by atoms with Crippen LogP contribution in [0, 0.1) is 6.92 Å². The molecule has 23 heavy (non-hydrogen) atoms. The molecule has 0 saturated carbocycles. The van der Waals surface area contributed by atoms with Crippen LogP contribution >= 0.6 is 0 Å². The van der Waals surface area contributed by atoms with Crippen molar-refractivity contribution in [3.05, 3.63) is 53.1 Å². The van der Waals surface area contributed by atoms with E-state index in [1.165, 1.54) is 6.92 Å². The number of Topliss-reactive ketones (excluding diaryl/α,β-unsaturated/α-hetero) is 1. The number of rotatable bonds is 4. The van der Waals surface area contributed by atoms with E-state index >= 15 is 0 Å². The quantitative estimate of drug-likeness (QED) is 0.881. The standard InChI is InChI=1S/C18H17NO4/c1-11-5-3-4-6-13(11)7-18(21)19-15-9-17-16(22-10-23-17)8-14(15)12(2)20/h3-6,8-9H,7,10H2,1-2H3,(H,19,21). The fraction of sp³-hybridized carbons (Fsp3) is 0.222. The van der Waals surface area contributed by atoms with Crippen molar-refractivity contribution >= 4 is 17.4 Å². The van der Waals surface area contributed by atoms with Gasteiger partial charge in [0.05, 0.1) is 12.1 Å². The van der Waals surface area contributed by atoms with Crippen LogP contribution in [-0.2, 0) is 11.2 Å². The van der Waals surface area contributed by atoms with E-state index in [0.717, 1.165) is 11.1 Å². The minimum atomic E-state index is -0.180. The van der Waals surface area contributed by atoms with Crippen molar-refractivity contribution in [2.75, 3.05) is 12.1 Å². The van der Waals surface area contributed by atoms with E-state index in [9.17, 15) is 9.59 Å². The highest BCUT2D eigenvalue weighted by Gasteiger charge is 2.20. The Morgan fingerprint density at radius 3 is 2.52 bits per heavy atom. The number of anilines is 1. The number of nitrogens with one attached hydrogen (secondary N) is 1. The Morgan fingerprint density at radius 1 is 1.13 bits per heavy atom. The van der Waals surface area contributed by atoms with Crippen molar-refractivity contribution in [1.82, 2.24) is 0 Å². The van der Waals surface area contributed by atoms with Crippen molar-refractivity contribution in [3.8, 4) is 11.5 Å². The van der Waals surface area contributed by atoms with Crippen molar-refractivity contribution in [1.29, 1.82) is 0 Å².